The van der Waals surface area contributed by atoms with Crippen LogP contribution in [0.3, 0.4) is 0 Å². The van der Waals surface area contributed by atoms with Crippen molar-refractivity contribution in [3.05, 3.63) is 52.1 Å². The van der Waals surface area contributed by atoms with Crippen LogP contribution in [0.15, 0.2) is 34.3 Å². The second kappa shape index (κ2) is 9.19. The van der Waals surface area contributed by atoms with E-state index in [1.165, 1.54) is 17.5 Å². The van der Waals surface area contributed by atoms with Gasteiger partial charge in [-0.3, -0.25) is 4.79 Å². The molecule has 9 nitrogen and oxygen atoms in total. The van der Waals surface area contributed by atoms with Gasteiger partial charge in [0.05, 0.1) is 11.1 Å². The molecule has 4 rings (SSSR count). The quantitative estimate of drug-likeness (QED) is 0.172. The standard InChI is InChI=1S/C15H10FN4O5PS.2Na/c1-7-17-14(19-25-7)11-6-27-15(18-11)13(21)9-5-20(26(22,23)24)12-8(9)3-2-4-10(12)16;;/h2-6H,1H3,(H2,22,23,24);;/q;2*+1/p-2. The van der Waals surface area contributed by atoms with Gasteiger partial charge in [-0.05, 0) is 6.07 Å². The number of halogens is 1. The fourth-order valence-electron chi connectivity index (χ4n) is 2.60. The van der Waals surface area contributed by atoms with E-state index in [9.17, 15) is 23.5 Å². The molecule has 0 aliphatic rings. The summed E-state index contributed by atoms with van der Waals surface area (Å²) in [5.74, 6) is -1.07. The molecule has 0 amide bonds. The van der Waals surface area contributed by atoms with Gasteiger partial charge in [0.2, 0.25) is 17.5 Å². The van der Waals surface area contributed by atoms with E-state index in [4.69, 9.17) is 4.52 Å². The first kappa shape index (κ1) is 24.5. The molecule has 14 heteroatoms. The molecule has 0 bridgehead atoms. The predicted octanol–water partition coefficient (Wildman–Crippen LogP) is -4.49. The first-order valence-electron chi connectivity index (χ1n) is 7.39. The number of carbonyl (C=O) groups is 1. The van der Waals surface area contributed by atoms with Crippen molar-refractivity contribution in [3.63, 3.8) is 0 Å². The van der Waals surface area contributed by atoms with Crippen LogP contribution >= 0.6 is 19.1 Å². The molecule has 0 saturated carbocycles. The minimum Gasteiger partial charge on any atom is -0.795 e. The van der Waals surface area contributed by atoms with Crippen molar-refractivity contribution in [1.29, 1.82) is 0 Å². The minimum atomic E-state index is -5.37. The summed E-state index contributed by atoms with van der Waals surface area (Å²) < 4.78 is 30.7. The average Bonchev–Trinajstić information content (AvgIpc) is 3.31. The molecule has 0 unspecified atom stereocenters. The minimum absolute atomic E-state index is 0. The molecule has 0 aliphatic carbocycles. The van der Waals surface area contributed by atoms with E-state index in [0.29, 0.717) is 11.6 Å². The summed E-state index contributed by atoms with van der Waals surface area (Å²) >= 11 is 0.975. The fourth-order valence-corrected chi connectivity index (χ4v) is 4.05. The number of rotatable bonds is 4. The number of fused-ring (bicyclic) bond motifs is 1. The summed E-state index contributed by atoms with van der Waals surface area (Å²) in [4.78, 5) is 43.9. The number of aryl methyl sites for hydroxylation is 1. The molecule has 1 aromatic carbocycles. The van der Waals surface area contributed by atoms with Crippen molar-refractivity contribution in [1.82, 2.24) is 19.5 Å². The molecule has 0 aliphatic heterocycles. The maximum atomic E-state index is 14.1. The van der Waals surface area contributed by atoms with Gasteiger partial charge in [0.1, 0.15) is 11.5 Å². The number of aromatic nitrogens is 4. The monoisotopic (exact) mass is 452 g/mol. The second-order valence-corrected chi connectivity index (χ2v) is 7.72. The van der Waals surface area contributed by atoms with Gasteiger partial charge < -0.3 is 23.2 Å². The van der Waals surface area contributed by atoms with E-state index < -0.39 is 24.9 Å². The van der Waals surface area contributed by atoms with Crippen LogP contribution in [0.5, 0.6) is 0 Å². The van der Waals surface area contributed by atoms with Crippen molar-refractivity contribution >= 4 is 35.8 Å². The number of nitrogens with zero attached hydrogens (tertiary/aromatic N) is 4. The number of thiazole rings is 1. The van der Waals surface area contributed by atoms with Gasteiger partial charge in [-0.1, -0.05) is 17.3 Å². The van der Waals surface area contributed by atoms with Gasteiger partial charge in [0.15, 0.2) is 5.01 Å². The topological polar surface area (TPSA) is 137 Å². The van der Waals surface area contributed by atoms with Crippen LogP contribution in [0.2, 0.25) is 0 Å². The van der Waals surface area contributed by atoms with Crippen molar-refractivity contribution in [2.24, 2.45) is 0 Å². The SMILES string of the molecule is Cc1nc(-c2csc(C(=O)c3cn(P(=O)([O-])[O-])c4c(F)cccc34)n2)no1.[Na+].[Na+]. The van der Waals surface area contributed by atoms with E-state index in [2.05, 4.69) is 15.1 Å². The van der Waals surface area contributed by atoms with Crippen LogP contribution < -0.4 is 68.9 Å². The summed E-state index contributed by atoms with van der Waals surface area (Å²) in [6.07, 6.45) is 0.816. The molecule has 0 radical (unpaired) electrons. The summed E-state index contributed by atoms with van der Waals surface area (Å²) in [7, 11) is -5.37. The molecule has 4 aromatic rings. The number of carbonyl (C=O) groups excluding carboxylic acids is 1. The van der Waals surface area contributed by atoms with Crippen LogP contribution in [-0.2, 0) is 4.57 Å². The third kappa shape index (κ3) is 4.64. The van der Waals surface area contributed by atoms with E-state index >= 15 is 0 Å². The zero-order valence-electron chi connectivity index (χ0n) is 15.5. The van der Waals surface area contributed by atoms with Crippen LogP contribution in [0.4, 0.5) is 4.39 Å². The zero-order chi connectivity index (χ0) is 19.3. The second-order valence-electron chi connectivity index (χ2n) is 5.50. The summed E-state index contributed by atoms with van der Waals surface area (Å²) in [6, 6.07) is 3.67. The third-order valence-electron chi connectivity index (χ3n) is 3.72. The Hall–Kier alpha value is -0.720. The number of benzene rings is 1. The van der Waals surface area contributed by atoms with E-state index in [1.54, 1.807) is 6.92 Å². The summed E-state index contributed by atoms with van der Waals surface area (Å²) in [5.41, 5.74) is -0.324. The molecule has 0 atom stereocenters. The van der Waals surface area contributed by atoms with Gasteiger partial charge >= 0.3 is 59.1 Å². The maximum Gasteiger partial charge on any atom is 1.00 e. The van der Waals surface area contributed by atoms with E-state index in [-0.39, 0.29) is 85.2 Å². The first-order chi connectivity index (χ1) is 12.8. The predicted molar refractivity (Wildman–Crippen MR) is 88.5 cm³/mol. The van der Waals surface area contributed by atoms with Crippen LogP contribution in [0.25, 0.3) is 22.4 Å². The first-order valence-corrected chi connectivity index (χ1v) is 9.76. The van der Waals surface area contributed by atoms with Crippen LogP contribution in [0.1, 0.15) is 21.3 Å². The molecular formula is C15H8FN4Na2O5PS. The Morgan fingerprint density at radius 3 is 2.62 bits per heavy atom. The number of para-hydroxylation sites is 1. The van der Waals surface area contributed by atoms with Gasteiger partial charge in [-0.15, -0.1) is 11.3 Å². The van der Waals surface area contributed by atoms with Gasteiger partial charge in [-0.25, -0.2) is 9.37 Å². The third-order valence-corrected chi connectivity index (χ3v) is 5.41. The van der Waals surface area contributed by atoms with Crippen molar-refractivity contribution in [3.8, 4) is 11.5 Å². The molecular weight excluding hydrogens is 444 g/mol. The Kier molecular flexibility index (Phi) is 7.78. The van der Waals surface area contributed by atoms with Gasteiger partial charge in [0.25, 0.3) is 0 Å². The number of ketones is 1. The van der Waals surface area contributed by atoms with Gasteiger partial charge in [-0.2, -0.15) is 4.98 Å². The fraction of sp³-hybridized carbons (Fsp3) is 0.0667. The Bertz CT molecular complexity index is 1250. The van der Waals surface area contributed by atoms with Crippen molar-refractivity contribution in [2.75, 3.05) is 0 Å². The summed E-state index contributed by atoms with van der Waals surface area (Å²) in [6.45, 7) is 1.60. The normalized spacial score (nSPS) is 11.2. The number of hydrogen-bond donors (Lipinski definition) is 0. The molecule has 3 heterocycles. The van der Waals surface area contributed by atoms with E-state index in [0.717, 1.165) is 23.6 Å². The molecule has 3 aromatic heterocycles. The Morgan fingerprint density at radius 1 is 1.28 bits per heavy atom. The Balaban J connectivity index is 0.00000150. The molecule has 138 valence electrons. The molecule has 0 fully saturated rings. The molecule has 0 saturated heterocycles. The zero-order valence-corrected chi connectivity index (χ0v) is 21.2. The van der Waals surface area contributed by atoms with E-state index in [1.807, 2.05) is 0 Å². The number of hydrogen-bond acceptors (Lipinski definition) is 9. The molecule has 29 heavy (non-hydrogen) atoms. The van der Waals surface area contributed by atoms with Gasteiger partial charge in [0, 0.05) is 31.6 Å². The smallest absolute Gasteiger partial charge is 0.795 e. The largest absolute Gasteiger partial charge is 1.00 e. The Labute approximate surface area is 211 Å². The van der Waals surface area contributed by atoms with Crippen LogP contribution in [-0.4, -0.2) is 25.2 Å². The molecule has 0 spiro atoms. The Morgan fingerprint density at radius 2 is 2.00 bits per heavy atom. The average molecular weight is 452 g/mol. The maximum absolute atomic E-state index is 14.1. The van der Waals surface area contributed by atoms with Crippen molar-refractivity contribution in [2.45, 2.75) is 6.92 Å². The van der Waals surface area contributed by atoms with Crippen molar-refractivity contribution < 1.29 is 87.2 Å². The summed E-state index contributed by atoms with van der Waals surface area (Å²) in [5, 5.41) is 5.24. The van der Waals surface area contributed by atoms with Crippen LogP contribution in [0, 0.1) is 12.7 Å². The molecule has 0 N–H and O–H groups in total.